The molecule has 1 aromatic carbocycles. The molecule has 0 spiro atoms. The van der Waals surface area contributed by atoms with Gasteiger partial charge >= 0.3 is 0 Å². The molecule has 1 aliphatic heterocycles. The van der Waals surface area contributed by atoms with Gasteiger partial charge in [-0.2, -0.15) is 0 Å². The van der Waals surface area contributed by atoms with E-state index in [-0.39, 0.29) is 23.0 Å². The van der Waals surface area contributed by atoms with E-state index in [0.717, 1.165) is 7.11 Å². The Morgan fingerprint density at radius 3 is 2.30 bits per heavy atom. The number of phenols is 2. The van der Waals surface area contributed by atoms with Crippen molar-refractivity contribution in [3.63, 3.8) is 0 Å². The first-order valence-electron chi connectivity index (χ1n) is 7.12. The van der Waals surface area contributed by atoms with Crippen molar-refractivity contribution in [2.24, 2.45) is 0 Å². The molecule has 7 nitrogen and oxygen atoms in total. The van der Waals surface area contributed by atoms with Crippen LogP contribution in [-0.4, -0.2) is 40.1 Å². The molecule has 0 unspecified atom stereocenters. The van der Waals surface area contributed by atoms with Crippen LogP contribution >= 0.6 is 0 Å². The second-order valence-electron chi connectivity index (χ2n) is 5.67. The molecule has 1 aromatic rings. The molecule has 0 fully saturated rings. The lowest BCUT2D eigenvalue weighted by Gasteiger charge is -2.32. The van der Waals surface area contributed by atoms with Gasteiger partial charge < -0.3 is 24.8 Å². The number of ether oxygens (including phenoxy) is 2. The molecule has 3 N–H and O–H groups in total. The summed E-state index contributed by atoms with van der Waals surface area (Å²) in [6, 6.07) is 0. The average molecular weight is 320 g/mol. The second kappa shape index (κ2) is 4.99. The zero-order valence-corrected chi connectivity index (χ0v) is 12.8. The Labute approximate surface area is 131 Å². The second-order valence-corrected chi connectivity index (χ2v) is 5.67. The highest BCUT2D eigenvalue weighted by atomic mass is 16.5. The number of benzene rings is 1. The fourth-order valence-electron chi connectivity index (χ4n) is 3.27. The van der Waals surface area contributed by atoms with Gasteiger partial charge in [-0.25, -0.2) is 0 Å². The minimum absolute atomic E-state index is 0.213. The Morgan fingerprint density at radius 2 is 1.70 bits per heavy atom. The van der Waals surface area contributed by atoms with Crippen LogP contribution in [-0.2, 0) is 20.7 Å². The molecule has 0 saturated heterocycles. The number of carbonyl (C=O) groups is 2. The van der Waals surface area contributed by atoms with Crippen molar-refractivity contribution in [2.75, 3.05) is 7.11 Å². The van der Waals surface area contributed by atoms with Crippen molar-refractivity contribution in [3.8, 4) is 11.5 Å². The van der Waals surface area contributed by atoms with E-state index in [0.29, 0.717) is 12.0 Å². The van der Waals surface area contributed by atoms with Gasteiger partial charge in [0, 0.05) is 17.5 Å². The van der Waals surface area contributed by atoms with Crippen molar-refractivity contribution in [2.45, 2.75) is 32.5 Å². The van der Waals surface area contributed by atoms with Crippen LogP contribution < -0.4 is 0 Å². The van der Waals surface area contributed by atoms with Crippen LogP contribution in [0.25, 0.3) is 5.76 Å². The van der Waals surface area contributed by atoms with E-state index < -0.39 is 40.5 Å². The van der Waals surface area contributed by atoms with Gasteiger partial charge in [0.1, 0.15) is 11.5 Å². The normalized spacial score (nSPS) is 23.6. The highest BCUT2D eigenvalue weighted by Gasteiger charge is 2.42. The number of rotatable bonds is 1. The first-order chi connectivity index (χ1) is 10.8. The van der Waals surface area contributed by atoms with Crippen LogP contribution in [0.4, 0.5) is 0 Å². The van der Waals surface area contributed by atoms with Gasteiger partial charge in [0.05, 0.1) is 30.4 Å². The number of Topliss-reactive ketones (excluding diaryl/α,β-unsaturated/α-hetero) is 2. The Bertz CT molecular complexity index is 775. The third kappa shape index (κ3) is 1.93. The number of hydrogen-bond acceptors (Lipinski definition) is 7. The zero-order valence-electron chi connectivity index (χ0n) is 12.8. The summed E-state index contributed by atoms with van der Waals surface area (Å²) in [7, 11) is 1.13. The Kier molecular flexibility index (Phi) is 3.33. The lowest BCUT2D eigenvalue weighted by Crippen LogP contribution is -2.28. The molecule has 0 amide bonds. The summed E-state index contributed by atoms with van der Waals surface area (Å²) in [5.74, 6) is -4.13. The number of hydrogen-bond donors (Lipinski definition) is 3. The topological polar surface area (TPSA) is 113 Å². The maximum Gasteiger partial charge on any atom is 0.272 e. The third-order valence-electron chi connectivity index (χ3n) is 4.22. The van der Waals surface area contributed by atoms with Crippen LogP contribution in [0.15, 0.2) is 5.76 Å². The lowest BCUT2D eigenvalue weighted by molar-refractivity contribution is -0.114. The van der Waals surface area contributed by atoms with Crippen molar-refractivity contribution >= 4 is 17.3 Å². The zero-order chi connectivity index (χ0) is 17.0. The molecule has 1 aliphatic carbocycles. The van der Waals surface area contributed by atoms with Gasteiger partial charge in [0.2, 0.25) is 11.5 Å². The maximum absolute atomic E-state index is 12.3. The van der Waals surface area contributed by atoms with Crippen molar-refractivity contribution < 1.29 is 34.4 Å². The van der Waals surface area contributed by atoms with Crippen LogP contribution in [0.5, 0.6) is 11.5 Å². The molecule has 7 heteroatoms. The SMILES string of the molecule is COC1=C(O)c2c(O)c3c(c(O)c2C(=O)C1=O)[C@@H](C)O[C@@H](C)C3. The molecule has 3 rings (SSSR count). The summed E-state index contributed by atoms with van der Waals surface area (Å²) in [6.07, 6.45) is -0.484. The first kappa shape index (κ1) is 15.4. The first-order valence-corrected chi connectivity index (χ1v) is 7.12. The number of carbonyl (C=O) groups excluding carboxylic acids is 2. The fourth-order valence-corrected chi connectivity index (χ4v) is 3.27. The van der Waals surface area contributed by atoms with Crippen LogP contribution in [0.1, 0.15) is 47.0 Å². The van der Waals surface area contributed by atoms with Crippen molar-refractivity contribution in [1.29, 1.82) is 0 Å². The molecule has 2 atom stereocenters. The summed E-state index contributed by atoms with van der Waals surface area (Å²) >= 11 is 0. The predicted octanol–water partition coefficient (Wildman–Crippen LogP) is 1.76. The lowest BCUT2D eigenvalue weighted by atomic mass is 9.83. The van der Waals surface area contributed by atoms with Gasteiger partial charge in [-0.3, -0.25) is 9.59 Å². The highest BCUT2D eigenvalue weighted by Crippen LogP contribution is 2.49. The molecule has 122 valence electrons. The Morgan fingerprint density at radius 1 is 1.04 bits per heavy atom. The number of aliphatic hydroxyl groups excluding tert-OH is 1. The molecular formula is C16H16O7. The third-order valence-corrected chi connectivity index (χ3v) is 4.22. The molecule has 0 saturated carbocycles. The Balaban J connectivity index is 2.41. The summed E-state index contributed by atoms with van der Waals surface area (Å²) < 4.78 is 10.4. The number of methoxy groups -OCH3 is 1. The van der Waals surface area contributed by atoms with Gasteiger partial charge in [0.15, 0.2) is 5.76 Å². The summed E-state index contributed by atoms with van der Waals surface area (Å²) in [6.45, 7) is 3.48. The molecule has 0 radical (unpaired) electrons. The molecule has 23 heavy (non-hydrogen) atoms. The smallest absolute Gasteiger partial charge is 0.272 e. The van der Waals surface area contributed by atoms with E-state index in [4.69, 9.17) is 9.47 Å². The van der Waals surface area contributed by atoms with E-state index in [2.05, 4.69) is 0 Å². The van der Waals surface area contributed by atoms with Crippen LogP contribution in [0.3, 0.4) is 0 Å². The standard InChI is InChI=1S/C16H16O7/c1-5-4-7-8(6(2)23-5)12(18)10-9(11(7)17)14(20)16(22-3)15(21)13(10)19/h5-6,17-18,20H,4H2,1-3H3/t5-,6+/m0/s1. The van der Waals surface area contributed by atoms with Gasteiger partial charge in [0.25, 0.3) is 5.78 Å². The van der Waals surface area contributed by atoms with E-state index in [1.807, 2.05) is 0 Å². The van der Waals surface area contributed by atoms with E-state index in [9.17, 15) is 24.9 Å². The summed E-state index contributed by atoms with van der Waals surface area (Å²) in [5, 5.41) is 31.3. The highest BCUT2D eigenvalue weighted by molar-refractivity contribution is 6.52. The van der Waals surface area contributed by atoms with Crippen LogP contribution in [0, 0.1) is 0 Å². The largest absolute Gasteiger partial charge is 0.507 e. The van der Waals surface area contributed by atoms with Crippen molar-refractivity contribution in [1.82, 2.24) is 0 Å². The molecule has 0 bridgehead atoms. The number of aliphatic hydroxyl groups is 1. The Hall–Kier alpha value is -2.54. The monoisotopic (exact) mass is 320 g/mol. The van der Waals surface area contributed by atoms with E-state index >= 15 is 0 Å². The van der Waals surface area contributed by atoms with Crippen molar-refractivity contribution in [3.05, 3.63) is 28.0 Å². The maximum atomic E-state index is 12.3. The van der Waals surface area contributed by atoms with E-state index in [1.54, 1.807) is 13.8 Å². The number of aromatic hydroxyl groups is 2. The fraction of sp³-hybridized carbons (Fsp3) is 0.375. The number of ketones is 2. The van der Waals surface area contributed by atoms with Gasteiger partial charge in [-0.1, -0.05) is 0 Å². The number of allylic oxidation sites excluding steroid dienone is 1. The average Bonchev–Trinajstić information content (AvgIpc) is 2.48. The molecule has 2 aliphatic rings. The molecule has 1 heterocycles. The minimum atomic E-state index is -1.08. The summed E-state index contributed by atoms with van der Waals surface area (Å²) in [4.78, 5) is 24.3. The van der Waals surface area contributed by atoms with Gasteiger partial charge in [-0.15, -0.1) is 0 Å². The number of phenolic OH excluding ortho intramolecular Hbond substituents is 2. The molecule has 0 aromatic heterocycles. The molecular weight excluding hydrogens is 304 g/mol. The van der Waals surface area contributed by atoms with E-state index in [1.165, 1.54) is 0 Å². The minimum Gasteiger partial charge on any atom is -0.507 e. The quantitative estimate of drug-likeness (QED) is 0.533. The van der Waals surface area contributed by atoms with Gasteiger partial charge in [-0.05, 0) is 13.8 Å². The predicted molar refractivity (Wildman–Crippen MR) is 78.3 cm³/mol. The number of fused-ring (bicyclic) bond motifs is 2. The summed E-state index contributed by atoms with van der Waals surface area (Å²) in [5.41, 5.74) is -0.0515. The van der Waals surface area contributed by atoms with Crippen LogP contribution in [0.2, 0.25) is 0 Å².